The second-order valence-electron chi connectivity index (χ2n) is 6.07. The average molecular weight is 348 g/mol. The lowest BCUT2D eigenvalue weighted by atomic mass is 10.1. The van der Waals surface area contributed by atoms with Crippen molar-refractivity contribution in [2.45, 2.75) is 38.8 Å². The van der Waals surface area contributed by atoms with E-state index >= 15 is 0 Å². The third kappa shape index (κ3) is 4.58. The Hall–Kier alpha value is -1.86. The zero-order valence-corrected chi connectivity index (χ0v) is 14.8. The molecule has 0 unspecified atom stereocenters. The summed E-state index contributed by atoms with van der Waals surface area (Å²) in [6.07, 6.45) is 5.37. The van der Waals surface area contributed by atoms with Crippen molar-refractivity contribution in [3.05, 3.63) is 40.2 Å². The summed E-state index contributed by atoms with van der Waals surface area (Å²) in [5, 5.41) is 8.74. The molecule has 2 amide bonds. The van der Waals surface area contributed by atoms with Crippen LogP contribution in [0.4, 0.5) is 4.79 Å². The summed E-state index contributed by atoms with van der Waals surface area (Å²) in [6.45, 7) is 5.04. The molecule has 6 nitrogen and oxygen atoms in total. The number of urea groups is 1. The topological polar surface area (TPSA) is 70.4 Å². The standard InChI is InChI=1S/C17H24N4O2S/c1-13-12-24-16(20-13)11-19-17(22)18-10-14(15-6-5-9-23-15)21-7-3-2-4-8-21/h5-6,9,12,14H,2-4,7-8,10-11H2,1H3,(H2,18,19,22)/t14-/m0/s1. The highest BCUT2D eigenvalue weighted by molar-refractivity contribution is 7.09. The molecule has 130 valence electrons. The lowest BCUT2D eigenvalue weighted by Gasteiger charge is -2.33. The van der Waals surface area contributed by atoms with Gasteiger partial charge in [0, 0.05) is 17.6 Å². The highest BCUT2D eigenvalue weighted by Gasteiger charge is 2.24. The molecule has 1 atom stereocenters. The first-order valence-electron chi connectivity index (χ1n) is 8.42. The predicted molar refractivity (Wildman–Crippen MR) is 94.0 cm³/mol. The highest BCUT2D eigenvalue weighted by Crippen LogP contribution is 2.24. The quantitative estimate of drug-likeness (QED) is 0.842. The first kappa shape index (κ1) is 17.0. The number of hydrogen-bond acceptors (Lipinski definition) is 5. The normalized spacial score (nSPS) is 16.7. The predicted octanol–water partition coefficient (Wildman–Crippen LogP) is 3.07. The molecule has 0 bridgehead atoms. The second-order valence-corrected chi connectivity index (χ2v) is 7.02. The fraction of sp³-hybridized carbons (Fsp3) is 0.529. The largest absolute Gasteiger partial charge is 0.468 e. The smallest absolute Gasteiger partial charge is 0.315 e. The second kappa shape index (κ2) is 8.30. The monoisotopic (exact) mass is 348 g/mol. The molecular formula is C17H24N4O2S. The average Bonchev–Trinajstić information content (AvgIpc) is 3.26. The van der Waals surface area contributed by atoms with Gasteiger partial charge in [-0.15, -0.1) is 11.3 Å². The molecule has 1 aliphatic heterocycles. The van der Waals surface area contributed by atoms with Crippen LogP contribution in [0.5, 0.6) is 0 Å². The molecule has 0 spiro atoms. The summed E-state index contributed by atoms with van der Waals surface area (Å²) in [7, 11) is 0. The number of amides is 2. The zero-order valence-electron chi connectivity index (χ0n) is 14.0. The minimum atomic E-state index is -0.170. The van der Waals surface area contributed by atoms with Gasteiger partial charge in [0.2, 0.25) is 0 Å². The summed E-state index contributed by atoms with van der Waals surface area (Å²) >= 11 is 1.56. The van der Waals surface area contributed by atoms with Crippen LogP contribution in [0.3, 0.4) is 0 Å². The molecule has 0 radical (unpaired) electrons. The maximum Gasteiger partial charge on any atom is 0.315 e. The van der Waals surface area contributed by atoms with E-state index in [1.165, 1.54) is 19.3 Å². The maximum atomic E-state index is 12.1. The van der Waals surface area contributed by atoms with Crippen LogP contribution in [0.2, 0.25) is 0 Å². The molecule has 1 aliphatic rings. The van der Waals surface area contributed by atoms with Crippen molar-refractivity contribution in [2.24, 2.45) is 0 Å². The Morgan fingerprint density at radius 1 is 1.38 bits per heavy atom. The van der Waals surface area contributed by atoms with E-state index < -0.39 is 0 Å². The van der Waals surface area contributed by atoms with Gasteiger partial charge in [-0.25, -0.2) is 9.78 Å². The van der Waals surface area contributed by atoms with Crippen molar-refractivity contribution in [1.29, 1.82) is 0 Å². The molecule has 3 heterocycles. The molecule has 2 aromatic heterocycles. The van der Waals surface area contributed by atoms with E-state index in [-0.39, 0.29) is 12.1 Å². The Morgan fingerprint density at radius 2 is 2.21 bits per heavy atom. The summed E-state index contributed by atoms with van der Waals surface area (Å²) in [5.41, 5.74) is 0.986. The number of carbonyl (C=O) groups excluding carboxylic acids is 1. The number of hydrogen-bond donors (Lipinski definition) is 2. The van der Waals surface area contributed by atoms with E-state index in [0.29, 0.717) is 13.1 Å². The van der Waals surface area contributed by atoms with Gasteiger partial charge in [0.25, 0.3) is 0 Å². The van der Waals surface area contributed by atoms with Gasteiger partial charge in [-0.05, 0) is 45.0 Å². The number of likely N-dealkylation sites (tertiary alicyclic amines) is 1. The number of thiazole rings is 1. The molecule has 0 aliphatic carbocycles. The lowest BCUT2D eigenvalue weighted by molar-refractivity contribution is 0.143. The fourth-order valence-electron chi connectivity index (χ4n) is 3.01. The van der Waals surface area contributed by atoms with Crippen LogP contribution in [0, 0.1) is 6.92 Å². The third-order valence-electron chi connectivity index (χ3n) is 4.23. The molecule has 3 rings (SSSR count). The number of nitrogens with one attached hydrogen (secondary N) is 2. The SMILES string of the molecule is Cc1csc(CNC(=O)NC[C@@H](c2ccco2)N2CCCCC2)n1. The number of nitrogens with zero attached hydrogens (tertiary/aromatic N) is 2. The highest BCUT2D eigenvalue weighted by atomic mass is 32.1. The van der Waals surface area contributed by atoms with Gasteiger partial charge >= 0.3 is 6.03 Å². The van der Waals surface area contributed by atoms with Crippen LogP contribution in [0.1, 0.15) is 41.8 Å². The van der Waals surface area contributed by atoms with E-state index in [4.69, 9.17) is 4.42 Å². The van der Waals surface area contributed by atoms with Gasteiger partial charge in [0.05, 0.1) is 18.8 Å². The summed E-state index contributed by atoms with van der Waals surface area (Å²) < 4.78 is 5.59. The van der Waals surface area contributed by atoms with E-state index in [1.807, 2.05) is 24.4 Å². The fourth-order valence-corrected chi connectivity index (χ4v) is 3.72. The van der Waals surface area contributed by atoms with Crippen LogP contribution < -0.4 is 10.6 Å². The molecule has 2 aromatic rings. The van der Waals surface area contributed by atoms with Crippen molar-refractivity contribution in [1.82, 2.24) is 20.5 Å². The molecular weight excluding hydrogens is 324 g/mol. The van der Waals surface area contributed by atoms with Crippen LogP contribution >= 0.6 is 11.3 Å². The molecule has 0 aromatic carbocycles. The number of aryl methyl sites for hydroxylation is 1. The van der Waals surface area contributed by atoms with Gasteiger partial charge in [0.1, 0.15) is 10.8 Å². The van der Waals surface area contributed by atoms with Gasteiger partial charge in [-0.3, -0.25) is 4.90 Å². The van der Waals surface area contributed by atoms with E-state index in [0.717, 1.165) is 29.6 Å². The lowest BCUT2D eigenvalue weighted by Crippen LogP contribution is -2.43. The first-order valence-corrected chi connectivity index (χ1v) is 9.30. The van der Waals surface area contributed by atoms with Gasteiger partial charge in [0.15, 0.2) is 0 Å². The van der Waals surface area contributed by atoms with E-state index in [2.05, 4.69) is 20.5 Å². The van der Waals surface area contributed by atoms with Gasteiger partial charge in [-0.2, -0.15) is 0 Å². The van der Waals surface area contributed by atoms with Gasteiger partial charge < -0.3 is 15.1 Å². The van der Waals surface area contributed by atoms with Crippen molar-refractivity contribution >= 4 is 17.4 Å². The Labute approximate surface area is 146 Å². The molecule has 1 fully saturated rings. The number of rotatable bonds is 6. The van der Waals surface area contributed by atoms with Crippen molar-refractivity contribution in [2.75, 3.05) is 19.6 Å². The maximum absolute atomic E-state index is 12.1. The Bertz CT molecular complexity index is 635. The van der Waals surface area contributed by atoms with Crippen molar-refractivity contribution < 1.29 is 9.21 Å². The minimum Gasteiger partial charge on any atom is -0.468 e. The Morgan fingerprint density at radius 3 is 2.88 bits per heavy atom. The number of piperidine rings is 1. The molecule has 0 saturated carbocycles. The van der Waals surface area contributed by atoms with Crippen LogP contribution in [0.15, 0.2) is 28.2 Å². The third-order valence-corrected chi connectivity index (χ3v) is 5.19. The van der Waals surface area contributed by atoms with Crippen molar-refractivity contribution in [3.63, 3.8) is 0 Å². The number of carbonyl (C=O) groups is 1. The van der Waals surface area contributed by atoms with E-state index in [9.17, 15) is 4.79 Å². The number of aromatic nitrogens is 1. The van der Waals surface area contributed by atoms with Crippen LogP contribution in [0.25, 0.3) is 0 Å². The molecule has 2 N–H and O–H groups in total. The Kier molecular flexibility index (Phi) is 5.87. The molecule has 24 heavy (non-hydrogen) atoms. The van der Waals surface area contributed by atoms with Crippen LogP contribution in [-0.4, -0.2) is 35.5 Å². The summed E-state index contributed by atoms with van der Waals surface area (Å²) in [6, 6.07) is 3.80. The van der Waals surface area contributed by atoms with Gasteiger partial charge in [-0.1, -0.05) is 6.42 Å². The Balaban J connectivity index is 1.52. The van der Waals surface area contributed by atoms with Crippen LogP contribution in [-0.2, 0) is 6.54 Å². The number of furan rings is 1. The van der Waals surface area contributed by atoms with Crippen molar-refractivity contribution in [3.8, 4) is 0 Å². The molecule has 1 saturated heterocycles. The summed E-state index contributed by atoms with van der Waals surface area (Å²) in [4.78, 5) is 18.8. The zero-order chi connectivity index (χ0) is 16.8. The molecule has 7 heteroatoms. The summed E-state index contributed by atoms with van der Waals surface area (Å²) in [5.74, 6) is 0.910. The van der Waals surface area contributed by atoms with E-state index in [1.54, 1.807) is 17.6 Å². The first-order chi connectivity index (χ1) is 11.7. The minimum absolute atomic E-state index is 0.0909.